The quantitative estimate of drug-likeness (QED) is 0.788. The van der Waals surface area contributed by atoms with E-state index >= 15 is 0 Å². The number of carbonyl (C=O) groups excluding carboxylic acids is 2. The van der Waals surface area contributed by atoms with Crippen molar-refractivity contribution in [2.24, 2.45) is 5.92 Å². The number of aliphatic hydroxyl groups is 1. The Balaban J connectivity index is 1.87. The van der Waals surface area contributed by atoms with Gasteiger partial charge in [-0.15, -0.1) is 0 Å². The van der Waals surface area contributed by atoms with Gasteiger partial charge in [0.2, 0.25) is 0 Å². The molecule has 1 saturated heterocycles. The van der Waals surface area contributed by atoms with Crippen molar-refractivity contribution >= 4 is 12.1 Å². The third kappa shape index (κ3) is 5.59. The maximum atomic E-state index is 12.3. The van der Waals surface area contributed by atoms with Crippen LogP contribution < -0.4 is 0 Å². The Hall–Kier alpha value is -1.82. The molecule has 0 saturated carbocycles. The predicted octanol–water partition coefficient (Wildman–Crippen LogP) is 2.81. The lowest BCUT2D eigenvalue weighted by molar-refractivity contribution is -0.135. The summed E-state index contributed by atoms with van der Waals surface area (Å²) in [4.78, 5) is 25.5. The van der Waals surface area contributed by atoms with Gasteiger partial charge in [0.1, 0.15) is 5.60 Å². The number of ether oxygens (including phenoxy) is 2. The van der Waals surface area contributed by atoms with Crippen LogP contribution in [0.25, 0.3) is 0 Å². The highest BCUT2D eigenvalue weighted by Crippen LogP contribution is 2.28. The highest BCUT2D eigenvalue weighted by Gasteiger charge is 2.36. The molecular weight excluding hydrogens is 322 g/mol. The van der Waals surface area contributed by atoms with Crippen molar-refractivity contribution in [3.8, 4) is 0 Å². The smallest absolute Gasteiger partial charge is 0.410 e. The lowest BCUT2D eigenvalue weighted by atomic mass is 9.90. The molecule has 1 aliphatic carbocycles. The number of hydrogen-bond acceptors (Lipinski definition) is 5. The topological polar surface area (TPSA) is 76.1 Å². The van der Waals surface area contributed by atoms with Crippen LogP contribution in [-0.2, 0) is 14.3 Å². The molecule has 1 heterocycles. The summed E-state index contributed by atoms with van der Waals surface area (Å²) < 4.78 is 10.2. The van der Waals surface area contributed by atoms with E-state index in [9.17, 15) is 14.7 Å². The summed E-state index contributed by atoms with van der Waals surface area (Å²) in [5, 5.41) is 9.95. The van der Waals surface area contributed by atoms with E-state index in [2.05, 4.69) is 0 Å². The summed E-state index contributed by atoms with van der Waals surface area (Å²) in [6.45, 7) is 5.84. The van der Waals surface area contributed by atoms with Crippen molar-refractivity contribution in [2.45, 2.75) is 64.2 Å². The zero-order valence-electron chi connectivity index (χ0n) is 15.5. The van der Waals surface area contributed by atoms with Gasteiger partial charge >= 0.3 is 12.1 Å². The van der Waals surface area contributed by atoms with Gasteiger partial charge in [-0.1, -0.05) is 18.2 Å². The monoisotopic (exact) mass is 351 g/mol. The third-order valence-corrected chi connectivity index (χ3v) is 4.50. The highest BCUT2D eigenvalue weighted by atomic mass is 16.6. The molecule has 0 bridgehead atoms. The van der Waals surface area contributed by atoms with Crippen LogP contribution in [0.5, 0.6) is 0 Å². The number of amides is 1. The molecule has 3 atom stereocenters. The normalized spacial score (nSPS) is 26.4. The van der Waals surface area contributed by atoms with Crippen LogP contribution in [0.3, 0.4) is 0 Å². The van der Waals surface area contributed by atoms with E-state index in [0.29, 0.717) is 24.5 Å². The van der Waals surface area contributed by atoms with Crippen molar-refractivity contribution in [3.63, 3.8) is 0 Å². The predicted molar refractivity (Wildman–Crippen MR) is 93.9 cm³/mol. The van der Waals surface area contributed by atoms with Crippen molar-refractivity contribution in [2.75, 3.05) is 13.7 Å². The highest BCUT2D eigenvalue weighted by molar-refractivity contribution is 5.91. The van der Waals surface area contributed by atoms with Crippen LogP contribution in [0.4, 0.5) is 4.79 Å². The van der Waals surface area contributed by atoms with Crippen LogP contribution in [0.15, 0.2) is 23.8 Å². The summed E-state index contributed by atoms with van der Waals surface area (Å²) in [5.74, 6) is 0.0105. The number of aliphatic hydroxyl groups excluding tert-OH is 1. The first-order chi connectivity index (χ1) is 11.7. The Morgan fingerprint density at radius 1 is 1.32 bits per heavy atom. The first-order valence-electron chi connectivity index (χ1n) is 8.84. The number of nitrogens with zero attached hydrogens (tertiary/aromatic N) is 1. The molecular formula is C19H29NO5. The molecule has 0 radical (unpaired) electrons. The van der Waals surface area contributed by atoms with Crippen LogP contribution in [-0.4, -0.2) is 53.5 Å². The average Bonchev–Trinajstić information content (AvgIpc) is 2.92. The van der Waals surface area contributed by atoms with Crippen molar-refractivity contribution in [3.05, 3.63) is 23.8 Å². The molecule has 1 aliphatic heterocycles. The molecule has 140 valence electrons. The maximum Gasteiger partial charge on any atom is 0.410 e. The molecule has 0 spiro atoms. The molecule has 1 N–H and O–H groups in total. The fourth-order valence-electron chi connectivity index (χ4n) is 3.26. The molecule has 2 rings (SSSR count). The largest absolute Gasteiger partial charge is 0.465 e. The first-order valence-corrected chi connectivity index (χ1v) is 8.84. The summed E-state index contributed by atoms with van der Waals surface area (Å²) in [7, 11) is 1.37. The number of allylic oxidation sites excluding steroid dienone is 2. The van der Waals surface area contributed by atoms with Gasteiger partial charge in [-0.25, -0.2) is 9.59 Å². The fraction of sp³-hybridized carbons (Fsp3) is 0.684. The summed E-state index contributed by atoms with van der Waals surface area (Å²) in [6.07, 6.45) is 7.91. The van der Waals surface area contributed by atoms with E-state index in [1.807, 2.05) is 32.9 Å². The molecule has 6 heteroatoms. The van der Waals surface area contributed by atoms with E-state index in [1.165, 1.54) is 7.11 Å². The van der Waals surface area contributed by atoms with Gasteiger partial charge in [0.25, 0.3) is 0 Å². The van der Waals surface area contributed by atoms with E-state index in [4.69, 9.17) is 9.47 Å². The number of rotatable bonds is 4. The number of carbonyl (C=O) groups is 2. The second kappa shape index (κ2) is 8.04. The van der Waals surface area contributed by atoms with Gasteiger partial charge in [-0.05, 0) is 52.4 Å². The number of esters is 1. The van der Waals surface area contributed by atoms with Gasteiger partial charge in [0.15, 0.2) is 0 Å². The Morgan fingerprint density at radius 2 is 2.04 bits per heavy atom. The second-order valence-electron chi connectivity index (χ2n) is 7.76. The molecule has 2 aliphatic rings. The average molecular weight is 351 g/mol. The molecule has 0 aromatic heterocycles. The minimum atomic E-state index is -0.545. The van der Waals surface area contributed by atoms with Gasteiger partial charge in [0.05, 0.1) is 25.3 Å². The van der Waals surface area contributed by atoms with Crippen molar-refractivity contribution in [1.82, 2.24) is 4.90 Å². The fourth-order valence-corrected chi connectivity index (χ4v) is 3.26. The lowest BCUT2D eigenvalue weighted by Crippen LogP contribution is -2.40. The standard InChI is InChI=1S/C19H29NO5/c1-19(2,3)25-18(23)20-12-16(21)11-15(20)10-7-13-5-8-14(9-6-13)17(22)24-4/h5,8-9,13,15-16,21H,6-7,10-12H2,1-4H3/t13?,15-,16-/m1/s1. The molecule has 6 nitrogen and oxygen atoms in total. The minimum absolute atomic E-state index is 0.00997. The molecule has 25 heavy (non-hydrogen) atoms. The molecule has 1 unspecified atom stereocenters. The summed E-state index contributed by atoms with van der Waals surface area (Å²) >= 11 is 0. The Bertz CT molecular complexity index is 561. The zero-order valence-corrected chi connectivity index (χ0v) is 15.5. The Labute approximate surface area is 149 Å². The summed E-state index contributed by atoms with van der Waals surface area (Å²) in [6, 6.07) is -0.00997. The van der Waals surface area contributed by atoms with Crippen LogP contribution in [0.2, 0.25) is 0 Å². The van der Waals surface area contributed by atoms with Gasteiger partial charge < -0.3 is 19.5 Å². The molecule has 1 fully saturated rings. The van der Waals surface area contributed by atoms with Crippen LogP contribution in [0.1, 0.15) is 46.5 Å². The van der Waals surface area contributed by atoms with Crippen molar-refractivity contribution in [1.29, 1.82) is 0 Å². The second-order valence-corrected chi connectivity index (χ2v) is 7.76. The SMILES string of the molecule is COC(=O)C1=CCC(CC[C@@H]2C[C@@H](O)CN2C(=O)OC(C)(C)C)C=C1. The van der Waals surface area contributed by atoms with Crippen LogP contribution >= 0.6 is 0 Å². The molecule has 1 amide bonds. The maximum absolute atomic E-state index is 12.3. The van der Waals surface area contributed by atoms with Crippen molar-refractivity contribution < 1.29 is 24.2 Å². The van der Waals surface area contributed by atoms with E-state index < -0.39 is 11.7 Å². The number of likely N-dealkylation sites (tertiary alicyclic amines) is 1. The number of hydrogen-bond donors (Lipinski definition) is 1. The zero-order chi connectivity index (χ0) is 18.6. The molecule has 0 aromatic carbocycles. The van der Waals surface area contributed by atoms with E-state index in [0.717, 1.165) is 19.3 Å². The van der Waals surface area contributed by atoms with Gasteiger partial charge in [-0.3, -0.25) is 0 Å². The number of β-amino-alcohol motifs (C(OH)–C–C–N with tert-alkyl or cyclic N) is 1. The Kier molecular flexibility index (Phi) is 6.27. The van der Waals surface area contributed by atoms with Gasteiger partial charge in [-0.2, -0.15) is 0 Å². The van der Waals surface area contributed by atoms with Gasteiger partial charge in [0, 0.05) is 6.04 Å². The molecule has 0 aromatic rings. The lowest BCUT2D eigenvalue weighted by Gasteiger charge is -2.29. The minimum Gasteiger partial charge on any atom is -0.465 e. The van der Waals surface area contributed by atoms with E-state index in [-0.39, 0.29) is 18.1 Å². The number of methoxy groups -OCH3 is 1. The Morgan fingerprint density at radius 3 is 2.60 bits per heavy atom. The summed E-state index contributed by atoms with van der Waals surface area (Å²) in [5.41, 5.74) is 0.0431. The third-order valence-electron chi connectivity index (χ3n) is 4.50. The first kappa shape index (κ1) is 19.5. The van der Waals surface area contributed by atoms with Crippen LogP contribution in [0, 0.1) is 5.92 Å². The van der Waals surface area contributed by atoms with E-state index in [1.54, 1.807) is 11.0 Å².